The molecule has 0 amide bonds. The second kappa shape index (κ2) is 14.4. The molecule has 0 unspecified atom stereocenters. The highest BCUT2D eigenvalue weighted by Gasteiger charge is 2.33. The van der Waals surface area contributed by atoms with Crippen molar-refractivity contribution in [3.63, 3.8) is 0 Å². The highest BCUT2D eigenvalue weighted by atomic mass is 19.2. The van der Waals surface area contributed by atoms with E-state index in [9.17, 15) is 8.78 Å². The summed E-state index contributed by atoms with van der Waals surface area (Å²) in [5.41, 5.74) is 3.13. The van der Waals surface area contributed by atoms with Gasteiger partial charge in [0.15, 0.2) is 11.6 Å². The first kappa shape index (κ1) is 29.7. The summed E-state index contributed by atoms with van der Waals surface area (Å²) in [6.07, 6.45) is 22.4. The van der Waals surface area contributed by atoms with E-state index >= 15 is 4.39 Å². The fourth-order valence-corrected chi connectivity index (χ4v) is 8.54. The fraction of sp³-hybridized carbons (Fsp3) is 0.676. The normalized spacial score (nSPS) is 29.4. The number of halogens is 3. The smallest absolute Gasteiger partial charge is 0.159 e. The molecule has 40 heavy (non-hydrogen) atoms. The van der Waals surface area contributed by atoms with Gasteiger partial charge in [-0.1, -0.05) is 63.6 Å². The van der Waals surface area contributed by atoms with Gasteiger partial charge in [0.2, 0.25) is 0 Å². The van der Waals surface area contributed by atoms with Crippen LogP contribution >= 0.6 is 0 Å². The van der Waals surface area contributed by atoms with E-state index in [1.807, 2.05) is 6.07 Å². The number of hydrogen-bond donors (Lipinski definition) is 0. The van der Waals surface area contributed by atoms with Crippen molar-refractivity contribution in [3.8, 4) is 0 Å². The van der Waals surface area contributed by atoms with E-state index in [0.717, 1.165) is 54.6 Å². The van der Waals surface area contributed by atoms with Gasteiger partial charge in [-0.3, -0.25) is 0 Å². The summed E-state index contributed by atoms with van der Waals surface area (Å²) in [4.78, 5) is 0. The van der Waals surface area contributed by atoms with Gasteiger partial charge in [0.1, 0.15) is 5.82 Å². The Kier molecular flexibility index (Phi) is 10.7. The van der Waals surface area contributed by atoms with Crippen molar-refractivity contribution in [3.05, 3.63) is 70.5 Å². The van der Waals surface area contributed by atoms with Crippen LogP contribution in [0.4, 0.5) is 13.2 Å². The number of benzene rings is 2. The maximum atomic E-state index is 15.4. The SMILES string of the molecule is CCCCCCCC1CCC(c2ccc(C3CCC(C4CCC(c5ccc(F)c(F)c5)CC4)CC3)c(F)c2)CC1. The Morgan fingerprint density at radius 3 is 1.62 bits per heavy atom. The molecule has 0 bridgehead atoms. The van der Waals surface area contributed by atoms with Crippen LogP contribution < -0.4 is 0 Å². The minimum Gasteiger partial charge on any atom is -0.207 e. The monoisotopic (exact) mass is 552 g/mol. The molecular formula is C37H51F3. The zero-order valence-electron chi connectivity index (χ0n) is 24.8. The molecular weight excluding hydrogens is 501 g/mol. The second-order valence-electron chi connectivity index (χ2n) is 13.6. The summed E-state index contributed by atoms with van der Waals surface area (Å²) in [6, 6.07) is 10.7. The van der Waals surface area contributed by atoms with Crippen LogP contribution in [-0.4, -0.2) is 0 Å². The Morgan fingerprint density at radius 2 is 1.05 bits per heavy atom. The van der Waals surface area contributed by atoms with Crippen molar-refractivity contribution in [1.82, 2.24) is 0 Å². The Labute approximate surface area is 241 Å². The van der Waals surface area contributed by atoms with Gasteiger partial charge in [-0.15, -0.1) is 0 Å². The summed E-state index contributed by atoms with van der Waals surface area (Å²) in [7, 11) is 0. The third-order valence-corrected chi connectivity index (χ3v) is 11.1. The molecule has 0 saturated heterocycles. The summed E-state index contributed by atoms with van der Waals surface area (Å²) in [5, 5.41) is 0. The largest absolute Gasteiger partial charge is 0.207 e. The van der Waals surface area contributed by atoms with E-state index < -0.39 is 11.6 Å². The van der Waals surface area contributed by atoms with Crippen LogP contribution in [0.2, 0.25) is 0 Å². The third kappa shape index (κ3) is 7.54. The molecule has 0 aromatic heterocycles. The van der Waals surface area contributed by atoms with Gasteiger partial charge in [0.05, 0.1) is 0 Å². The Morgan fingerprint density at radius 1 is 0.525 bits per heavy atom. The van der Waals surface area contributed by atoms with Gasteiger partial charge in [-0.05, 0) is 147 Å². The molecule has 3 aliphatic rings. The lowest BCUT2D eigenvalue weighted by Crippen LogP contribution is -2.25. The van der Waals surface area contributed by atoms with Gasteiger partial charge in [-0.25, -0.2) is 13.2 Å². The molecule has 0 spiro atoms. The van der Waals surface area contributed by atoms with Crippen LogP contribution in [0.15, 0.2) is 36.4 Å². The number of unbranched alkanes of at least 4 members (excludes halogenated alkanes) is 4. The standard InChI is InChI=1S/C37H51F3/c1-2-3-4-5-6-7-26-8-10-29(11-9-26)32-20-22-34(36(39)24-32)31-18-16-28(17-19-31)27-12-14-30(15-13-27)33-21-23-35(38)37(40)25-33/h20-31H,2-19H2,1H3. The minimum absolute atomic E-state index is 0.0334. The predicted octanol–water partition coefficient (Wildman–Crippen LogP) is 12.0. The van der Waals surface area contributed by atoms with Gasteiger partial charge in [0, 0.05) is 0 Å². The Balaban J connectivity index is 1.05. The van der Waals surface area contributed by atoms with Crippen LogP contribution in [-0.2, 0) is 0 Å². The van der Waals surface area contributed by atoms with E-state index in [1.54, 1.807) is 6.07 Å². The molecule has 220 valence electrons. The van der Waals surface area contributed by atoms with Gasteiger partial charge in [-0.2, -0.15) is 0 Å². The maximum Gasteiger partial charge on any atom is 0.159 e. The van der Waals surface area contributed by atoms with Crippen LogP contribution in [0.1, 0.15) is 157 Å². The van der Waals surface area contributed by atoms with E-state index in [0.29, 0.717) is 17.8 Å². The summed E-state index contributed by atoms with van der Waals surface area (Å²) >= 11 is 0. The van der Waals surface area contributed by atoms with E-state index in [2.05, 4.69) is 19.1 Å². The molecule has 3 heteroatoms. The van der Waals surface area contributed by atoms with Crippen molar-refractivity contribution in [1.29, 1.82) is 0 Å². The molecule has 2 aromatic rings. The zero-order chi connectivity index (χ0) is 27.9. The molecule has 0 heterocycles. The highest BCUT2D eigenvalue weighted by Crippen LogP contribution is 2.46. The van der Waals surface area contributed by atoms with Crippen LogP contribution in [0.3, 0.4) is 0 Å². The number of hydrogen-bond acceptors (Lipinski definition) is 0. The highest BCUT2D eigenvalue weighted by molar-refractivity contribution is 5.30. The molecule has 2 aromatic carbocycles. The Hall–Kier alpha value is -1.77. The zero-order valence-corrected chi connectivity index (χ0v) is 24.8. The Bertz CT molecular complexity index is 1050. The minimum atomic E-state index is -0.758. The van der Waals surface area contributed by atoms with Crippen LogP contribution in [0.25, 0.3) is 0 Å². The first-order valence-corrected chi connectivity index (χ1v) is 16.8. The lowest BCUT2D eigenvalue weighted by molar-refractivity contribution is 0.176. The van der Waals surface area contributed by atoms with Crippen LogP contribution in [0, 0.1) is 35.2 Å². The van der Waals surface area contributed by atoms with Gasteiger partial charge < -0.3 is 0 Å². The van der Waals surface area contributed by atoms with E-state index in [4.69, 9.17) is 0 Å². The quantitative estimate of drug-likeness (QED) is 0.257. The molecule has 0 atom stereocenters. The van der Waals surface area contributed by atoms with E-state index in [1.165, 1.54) is 108 Å². The lowest BCUT2D eigenvalue weighted by Gasteiger charge is -2.38. The fourth-order valence-electron chi connectivity index (χ4n) is 8.54. The average molecular weight is 553 g/mol. The van der Waals surface area contributed by atoms with Crippen LogP contribution in [0.5, 0.6) is 0 Å². The van der Waals surface area contributed by atoms with Crippen molar-refractivity contribution in [2.24, 2.45) is 17.8 Å². The summed E-state index contributed by atoms with van der Waals surface area (Å²) < 4.78 is 42.4. The first-order valence-electron chi connectivity index (χ1n) is 16.8. The third-order valence-electron chi connectivity index (χ3n) is 11.1. The molecule has 5 rings (SSSR count). The molecule has 3 fully saturated rings. The summed E-state index contributed by atoms with van der Waals surface area (Å²) in [6.45, 7) is 2.28. The molecule has 3 saturated carbocycles. The molecule has 0 N–H and O–H groups in total. The van der Waals surface area contributed by atoms with Gasteiger partial charge >= 0.3 is 0 Å². The lowest BCUT2D eigenvalue weighted by atomic mass is 9.67. The summed E-state index contributed by atoms with van der Waals surface area (Å²) in [5.74, 6) is 2.13. The molecule has 0 nitrogen and oxygen atoms in total. The topological polar surface area (TPSA) is 0 Å². The first-order chi connectivity index (χ1) is 19.5. The number of rotatable bonds is 10. The molecule has 0 radical (unpaired) electrons. The van der Waals surface area contributed by atoms with E-state index in [-0.39, 0.29) is 5.82 Å². The molecule has 3 aliphatic carbocycles. The van der Waals surface area contributed by atoms with Gasteiger partial charge in [0.25, 0.3) is 0 Å². The van der Waals surface area contributed by atoms with Crippen molar-refractivity contribution in [2.75, 3.05) is 0 Å². The maximum absolute atomic E-state index is 15.4. The van der Waals surface area contributed by atoms with Crippen molar-refractivity contribution >= 4 is 0 Å². The van der Waals surface area contributed by atoms with Crippen molar-refractivity contribution in [2.45, 2.75) is 140 Å². The predicted molar refractivity (Wildman–Crippen MR) is 160 cm³/mol. The molecule has 0 aliphatic heterocycles. The van der Waals surface area contributed by atoms with Crippen molar-refractivity contribution < 1.29 is 13.2 Å². The average Bonchev–Trinajstić information content (AvgIpc) is 2.99. The second-order valence-corrected chi connectivity index (χ2v) is 13.6.